The van der Waals surface area contributed by atoms with E-state index in [9.17, 15) is 0 Å². The Morgan fingerprint density at radius 1 is 1.31 bits per heavy atom. The van der Waals surface area contributed by atoms with E-state index in [4.69, 9.17) is 5.11 Å². The van der Waals surface area contributed by atoms with Crippen molar-refractivity contribution in [2.75, 3.05) is 0 Å². The number of hydrogen-bond donors (Lipinski definition) is 1. The number of rotatable bonds is 4. The summed E-state index contributed by atoms with van der Waals surface area (Å²) in [4.78, 5) is 8.52. The quantitative estimate of drug-likeness (QED) is 0.875. The van der Waals surface area contributed by atoms with Gasteiger partial charge in [0.2, 0.25) is 0 Å². The number of thioether (sulfide) groups is 1. The Morgan fingerprint density at radius 3 is 2.88 bits per heavy atom. The van der Waals surface area contributed by atoms with Gasteiger partial charge in [-0.25, -0.2) is 9.97 Å². The molecular formula is C12H18N2OS. The zero-order chi connectivity index (χ0) is 11.2. The van der Waals surface area contributed by atoms with Crippen LogP contribution in [-0.2, 0) is 12.4 Å². The first-order chi connectivity index (χ1) is 7.88. The third kappa shape index (κ3) is 3.46. The van der Waals surface area contributed by atoms with Gasteiger partial charge in [0.05, 0.1) is 18.1 Å². The van der Waals surface area contributed by atoms with Gasteiger partial charge in [0.25, 0.3) is 0 Å². The van der Waals surface area contributed by atoms with E-state index >= 15 is 0 Å². The first-order valence-corrected chi connectivity index (χ1v) is 6.96. The Bertz CT molecular complexity index is 327. The molecule has 0 radical (unpaired) electrons. The van der Waals surface area contributed by atoms with E-state index < -0.39 is 0 Å². The van der Waals surface area contributed by atoms with Crippen LogP contribution in [0.5, 0.6) is 0 Å². The third-order valence-electron chi connectivity index (χ3n) is 2.93. The lowest BCUT2D eigenvalue weighted by Gasteiger charge is -2.20. The lowest BCUT2D eigenvalue weighted by molar-refractivity contribution is 0.276. The van der Waals surface area contributed by atoms with Crippen molar-refractivity contribution in [2.24, 2.45) is 0 Å². The van der Waals surface area contributed by atoms with Crippen LogP contribution >= 0.6 is 11.8 Å². The number of aromatic nitrogens is 2. The van der Waals surface area contributed by atoms with E-state index in [0.717, 1.165) is 16.8 Å². The molecule has 2 rings (SSSR count). The van der Waals surface area contributed by atoms with Crippen molar-refractivity contribution in [2.45, 2.75) is 49.7 Å². The third-order valence-corrected chi connectivity index (χ3v) is 4.29. The van der Waals surface area contributed by atoms with Crippen LogP contribution < -0.4 is 0 Å². The summed E-state index contributed by atoms with van der Waals surface area (Å²) in [6, 6.07) is 1.76. The second-order valence-electron chi connectivity index (χ2n) is 4.19. The fourth-order valence-corrected chi connectivity index (χ4v) is 3.21. The molecule has 1 fully saturated rings. The Kier molecular flexibility index (Phi) is 4.60. The number of nitrogens with zero attached hydrogens (tertiary/aromatic N) is 2. The highest BCUT2D eigenvalue weighted by atomic mass is 32.2. The first-order valence-electron chi connectivity index (χ1n) is 5.92. The monoisotopic (exact) mass is 238 g/mol. The van der Waals surface area contributed by atoms with Crippen molar-refractivity contribution in [3.05, 3.63) is 23.8 Å². The molecule has 16 heavy (non-hydrogen) atoms. The smallest absolute Gasteiger partial charge is 0.138 e. The van der Waals surface area contributed by atoms with Crippen LogP contribution in [-0.4, -0.2) is 20.3 Å². The van der Waals surface area contributed by atoms with Crippen molar-refractivity contribution in [3.63, 3.8) is 0 Å². The summed E-state index contributed by atoms with van der Waals surface area (Å²) in [5.41, 5.74) is 0.717. The summed E-state index contributed by atoms with van der Waals surface area (Å²) in [5, 5.41) is 9.77. The fourth-order valence-electron chi connectivity index (χ4n) is 2.02. The maximum atomic E-state index is 8.98. The van der Waals surface area contributed by atoms with Crippen LogP contribution in [0.25, 0.3) is 0 Å². The van der Waals surface area contributed by atoms with Gasteiger partial charge in [-0.3, -0.25) is 0 Å². The maximum Gasteiger partial charge on any atom is 0.138 e. The minimum Gasteiger partial charge on any atom is -0.390 e. The van der Waals surface area contributed by atoms with Gasteiger partial charge in [0.1, 0.15) is 5.82 Å². The molecule has 0 aromatic carbocycles. The molecule has 1 heterocycles. The van der Waals surface area contributed by atoms with Crippen molar-refractivity contribution in [1.82, 2.24) is 9.97 Å². The molecule has 3 nitrogen and oxygen atoms in total. The molecule has 88 valence electrons. The van der Waals surface area contributed by atoms with Gasteiger partial charge in [-0.2, -0.15) is 11.8 Å². The zero-order valence-corrected chi connectivity index (χ0v) is 10.2. The molecule has 1 aromatic heterocycles. The minimum absolute atomic E-state index is 0.00359. The molecule has 0 spiro atoms. The van der Waals surface area contributed by atoms with E-state index in [1.54, 1.807) is 12.3 Å². The van der Waals surface area contributed by atoms with E-state index in [1.165, 1.54) is 32.1 Å². The van der Waals surface area contributed by atoms with Crippen LogP contribution in [0.4, 0.5) is 0 Å². The van der Waals surface area contributed by atoms with Gasteiger partial charge in [-0.05, 0) is 18.9 Å². The maximum absolute atomic E-state index is 8.98. The molecule has 0 bridgehead atoms. The average molecular weight is 238 g/mol. The van der Waals surface area contributed by atoms with Crippen molar-refractivity contribution in [3.8, 4) is 0 Å². The summed E-state index contributed by atoms with van der Waals surface area (Å²) in [5.74, 6) is 1.72. The summed E-state index contributed by atoms with van der Waals surface area (Å²) < 4.78 is 0. The van der Waals surface area contributed by atoms with Crippen molar-refractivity contribution in [1.29, 1.82) is 0 Å². The molecule has 0 saturated heterocycles. The van der Waals surface area contributed by atoms with Crippen LogP contribution in [0.2, 0.25) is 0 Å². The summed E-state index contributed by atoms with van der Waals surface area (Å²) in [6.45, 7) is 0.00359. The molecule has 0 amide bonds. The SMILES string of the molecule is OCc1ccnc(CSC2CCCCC2)n1. The molecule has 1 saturated carbocycles. The number of aliphatic hydroxyl groups excluding tert-OH is 1. The molecule has 1 N–H and O–H groups in total. The zero-order valence-electron chi connectivity index (χ0n) is 9.43. The molecule has 1 aromatic rings. The average Bonchev–Trinajstić information content (AvgIpc) is 2.38. The highest BCUT2D eigenvalue weighted by molar-refractivity contribution is 7.99. The normalized spacial score (nSPS) is 17.6. The first kappa shape index (κ1) is 11.9. The largest absolute Gasteiger partial charge is 0.390 e. The molecule has 0 atom stereocenters. The molecule has 4 heteroatoms. The fraction of sp³-hybridized carbons (Fsp3) is 0.667. The molecular weight excluding hydrogens is 220 g/mol. The van der Waals surface area contributed by atoms with Gasteiger partial charge < -0.3 is 5.11 Å². The molecule has 1 aliphatic rings. The number of hydrogen-bond acceptors (Lipinski definition) is 4. The Hall–Kier alpha value is -0.610. The standard InChI is InChI=1S/C12H18N2OS/c15-8-10-6-7-13-12(14-10)9-16-11-4-2-1-3-5-11/h6-7,11,15H,1-5,8-9H2. The second-order valence-corrected chi connectivity index (χ2v) is 5.48. The predicted molar refractivity (Wildman–Crippen MR) is 66.1 cm³/mol. The van der Waals surface area contributed by atoms with Crippen LogP contribution in [0.1, 0.15) is 43.6 Å². The topological polar surface area (TPSA) is 46.0 Å². The summed E-state index contributed by atoms with van der Waals surface area (Å²) in [7, 11) is 0. The van der Waals surface area contributed by atoms with Crippen molar-refractivity contribution < 1.29 is 5.11 Å². The molecule has 0 unspecified atom stereocenters. The van der Waals surface area contributed by atoms with Gasteiger partial charge in [0, 0.05) is 11.4 Å². The Morgan fingerprint density at radius 2 is 2.12 bits per heavy atom. The van der Waals surface area contributed by atoms with E-state index in [-0.39, 0.29) is 6.61 Å². The highest BCUT2D eigenvalue weighted by Gasteiger charge is 2.14. The van der Waals surface area contributed by atoms with Gasteiger partial charge >= 0.3 is 0 Å². The summed E-state index contributed by atoms with van der Waals surface area (Å²) in [6.07, 6.45) is 8.54. The minimum atomic E-state index is 0.00359. The van der Waals surface area contributed by atoms with Gasteiger partial charge in [-0.15, -0.1) is 0 Å². The van der Waals surface area contributed by atoms with Crippen LogP contribution in [0, 0.1) is 0 Å². The molecule has 1 aliphatic carbocycles. The lowest BCUT2D eigenvalue weighted by atomic mass is 10.0. The van der Waals surface area contributed by atoms with Crippen molar-refractivity contribution >= 4 is 11.8 Å². The molecule has 0 aliphatic heterocycles. The predicted octanol–water partition coefficient (Wildman–Crippen LogP) is 2.53. The summed E-state index contributed by atoms with van der Waals surface area (Å²) >= 11 is 1.96. The van der Waals surface area contributed by atoms with Gasteiger partial charge in [0.15, 0.2) is 0 Å². The van der Waals surface area contributed by atoms with Gasteiger partial charge in [-0.1, -0.05) is 19.3 Å². The van der Waals surface area contributed by atoms with E-state index in [2.05, 4.69) is 9.97 Å². The van der Waals surface area contributed by atoms with Crippen LogP contribution in [0.3, 0.4) is 0 Å². The second kappa shape index (κ2) is 6.21. The Labute approximate surface area is 101 Å². The lowest BCUT2D eigenvalue weighted by Crippen LogP contribution is -2.09. The number of aliphatic hydroxyl groups is 1. The van der Waals surface area contributed by atoms with E-state index in [0.29, 0.717) is 5.69 Å². The highest BCUT2D eigenvalue weighted by Crippen LogP contribution is 2.29. The van der Waals surface area contributed by atoms with Crippen LogP contribution in [0.15, 0.2) is 12.3 Å². The Balaban J connectivity index is 1.83. The van der Waals surface area contributed by atoms with E-state index in [1.807, 2.05) is 11.8 Å².